The maximum Gasteiger partial charge on any atom is 0.305 e. The molecule has 6 heteroatoms. The Balaban J connectivity index is 1.91. The molecule has 0 radical (unpaired) electrons. The molecule has 0 amide bonds. The zero-order valence-corrected chi connectivity index (χ0v) is 11.3. The molecule has 3 N–H and O–H groups in total. The van der Waals surface area contributed by atoms with E-state index < -0.39 is 12.0 Å². The van der Waals surface area contributed by atoms with E-state index in [1.165, 1.54) is 11.3 Å². The van der Waals surface area contributed by atoms with Gasteiger partial charge in [0.1, 0.15) is 5.76 Å². The fourth-order valence-electron chi connectivity index (χ4n) is 1.93. The van der Waals surface area contributed by atoms with Crippen LogP contribution in [0, 0.1) is 0 Å². The molecule has 2 heterocycles. The van der Waals surface area contributed by atoms with Gasteiger partial charge in [-0.25, -0.2) is 4.98 Å². The van der Waals surface area contributed by atoms with Gasteiger partial charge in [0.25, 0.3) is 0 Å². The zero-order chi connectivity index (χ0) is 14.1. The number of carboxylic acid groups (broad SMARTS) is 1. The van der Waals surface area contributed by atoms with Crippen molar-refractivity contribution in [3.8, 4) is 10.8 Å². The Bertz CT molecular complexity index is 729. The lowest BCUT2D eigenvalue weighted by atomic mass is 10.2. The van der Waals surface area contributed by atoms with Crippen LogP contribution in [0.2, 0.25) is 0 Å². The molecule has 3 aromatic rings. The smallest absolute Gasteiger partial charge is 0.305 e. The van der Waals surface area contributed by atoms with E-state index in [4.69, 9.17) is 15.3 Å². The van der Waals surface area contributed by atoms with Crippen molar-refractivity contribution in [2.45, 2.75) is 12.5 Å². The molecule has 0 saturated heterocycles. The average Bonchev–Trinajstić information content (AvgIpc) is 3.04. The Hall–Kier alpha value is -2.18. The fourth-order valence-corrected chi connectivity index (χ4v) is 2.86. The van der Waals surface area contributed by atoms with Crippen molar-refractivity contribution in [2.24, 2.45) is 5.73 Å². The lowest BCUT2D eigenvalue weighted by Crippen LogP contribution is -2.14. The molecule has 3 rings (SSSR count). The van der Waals surface area contributed by atoms with Crippen molar-refractivity contribution in [1.82, 2.24) is 4.98 Å². The van der Waals surface area contributed by atoms with Gasteiger partial charge in [-0.3, -0.25) is 4.79 Å². The van der Waals surface area contributed by atoms with Crippen LogP contribution in [0.3, 0.4) is 0 Å². The molecular weight excluding hydrogens is 276 g/mol. The molecule has 5 nitrogen and oxygen atoms in total. The van der Waals surface area contributed by atoms with E-state index >= 15 is 0 Å². The third-order valence-corrected chi connectivity index (χ3v) is 3.94. The van der Waals surface area contributed by atoms with Gasteiger partial charge in [0.05, 0.1) is 22.7 Å². The second kappa shape index (κ2) is 5.07. The summed E-state index contributed by atoms with van der Waals surface area (Å²) in [5.74, 6) is 0.124. The van der Waals surface area contributed by atoms with Gasteiger partial charge in [-0.15, -0.1) is 11.3 Å². The minimum atomic E-state index is -0.949. The van der Waals surface area contributed by atoms with Crippen molar-refractivity contribution in [3.63, 3.8) is 0 Å². The predicted molar refractivity (Wildman–Crippen MR) is 76.5 cm³/mol. The lowest BCUT2D eigenvalue weighted by molar-refractivity contribution is -0.137. The molecule has 20 heavy (non-hydrogen) atoms. The summed E-state index contributed by atoms with van der Waals surface area (Å²) in [7, 11) is 0. The van der Waals surface area contributed by atoms with Crippen LogP contribution in [0.15, 0.2) is 40.8 Å². The normalized spacial score (nSPS) is 12.7. The van der Waals surface area contributed by atoms with Gasteiger partial charge < -0.3 is 15.3 Å². The number of hydrogen-bond donors (Lipinski definition) is 2. The van der Waals surface area contributed by atoms with Crippen molar-refractivity contribution < 1.29 is 14.3 Å². The minimum Gasteiger partial charge on any atom is -0.481 e. The quantitative estimate of drug-likeness (QED) is 0.770. The highest BCUT2D eigenvalue weighted by Gasteiger charge is 2.16. The standard InChI is InChI=1S/C14H12N2O3S/c15-8(7-13(17)18)10-5-6-11(19-10)14-16-9-3-1-2-4-12(9)20-14/h1-6,8H,7,15H2,(H,17,18). The monoisotopic (exact) mass is 288 g/mol. The van der Waals surface area contributed by atoms with Gasteiger partial charge in [-0.05, 0) is 24.3 Å². The van der Waals surface area contributed by atoms with Gasteiger partial charge in [0.15, 0.2) is 10.8 Å². The van der Waals surface area contributed by atoms with Crippen LogP contribution in [0.4, 0.5) is 0 Å². The van der Waals surface area contributed by atoms with Crippen molar-refractivity contribution in [2.75, 3.05) is 0 Å². The van der Waals surface area contributed by atoms with Crippen molar-refractivity contribution in [3.05, 3.63) is 42.2 Å². The number of thiazole rings is 1. The van der Waals surface area contributed by atoms with E-state index in [-0.39, 0.29) is 6.42 Å². The number of benzene rings is 1. The number of hydrogen-bond acceptors (Lipinski definition) is 5. The van der Waals surface area contributed by atoms with E-state index in [0.29, 0.717) is 11.5 Å². The first-order chi connectivity index (χ1) is 9.63. The maximum absolute atomic E-state index is 10.6. The van der Waals surface area contributed by atoms with Crippen molar-refractivity contribution in [1.29, 1.82) is 0 Å². The highest BCUT2D eigenvalue weighted by Crippen LogP contribution is 2.32. The number of carbonyl (C=O) groups is 1. The second-order valence-corrected chi connectivity index (χ2v) is 5.42. The molecule has 1 aromatic carbocycles. The third-order valence-electron chi connectivity index (χ3n) is 2.89. The summed E-state index contributed by atoms with van der Waals surface area (Å²) in [5, 5.41) is 9.50. The van der Waals surface area contributed by atoms with Crippen molar-refractivity contribution >= 4 is 27.5 Å². The van der Waals surface area contributed by atoms with Crippen LogP contribution in [0.1, 0.15) is 18.2 Å². The number of fused-ring (bicyclic) bond motifs is 1. The molecule has 0 fully saturated rings. The summed E-state index contributed by atoms with van der Waals surface area (Å²) < 4.78 is 6.70. The molecule has 0 bridgehead atoms. The number of carboxylic acids is 1. The van der Waals surface area contributed by atoms with E-state index in [1.54, 1.807) is 12.1 Å². The summed E-state index contributed by atoms with van der Waals surface area (Å²) in [6.45, 7) is 0. The molecule has 0 aliphatic heterocycles. The van der Waals surface area contributed by atoms with Gasteiger partial charge >= 0.3 is 5.97 Å². The first-order valence-electron chi connectivity index (χ1n) is 6.06. The Kier molecular flexibility index (Phi) is 3.25. The van der Waals surface area contributed by atoms with E-state index in [1.807, 2.05) is 24.3 Å². The van der Waals surface area contributed by atoms with Crippen LogP contribution in [0.5, 0.6) is 0 Å². The van der Waals surface area contributed by atoms with Crippen LogP contribution >= 0.6 is 11.3 Å². The Morgan fingerprint density at radius 2 is 2.15 bits per heavy atom. The van der Waals surface area contributed by atoms with Gasteiger partial charge in [-0.2, -0.15) is 0 Å². The molecule has 0 spiro atoms. The molecule has 0 aliphatic carbocycles. The molecule has 0 saturated carbocycles. The van der Waals surface area contributed by atoms with E-state index in [0.717, 1.165) is 15.2 Å². The van der Waals surface area contributed by atoms with Gasteiger partial charge in [-0.1, -0.05) is 12.1 Å². The van der Waals surface area contributed by atoms with Gasteiger partial charge in [0.2, 0.25) is 0 Å². The maximum atomic E-state index is 10.6. The molecule has 102 valence electrons. The fraction of sp³-hybridized carbons (Fsp3) is 0.143. The number of para-hydroxylation sites is 1. The van der Waals surface area contributed by atoms with Crippen LogP contribution < -0.4 is 5.73 Å². The number of aliphatic carboxylic acids is 1. The lowest BCUT2D eigenvalue weighted by Gasteiger charge is -2.03. The molecule has 0 aliphatic rings. The topological polar surface area (TPSA) is 89.4 Å². The minimum absolute atomic E-state index is 0.160. The van der Waals surface area contributed by atoms with Gasteiger partial charge in [0, 0.05) is 0 Å². The molecule has 1 atom stereocenters. The van der Waals surface area contributed by atoms with Crippen LogP contribution in [-0.2, 0) is 4.79 Å². The third kappa shape index (κ3) is 2.43. The largest absolute Gasteiger partial charge is 0.481 e. The number of rotatable bonds is 4. The van der Waals surface area contributed by atoms with Crippen LogP contribution in [-0.4, -0.2) is 16.1 Å². The van der Waals surface area contributed by atoms with Crippen LogP contribution in [0.25, 0.3) is 21.0 Å². The molecular formula is C14H12N2O3S. The summed E-state index contributed by atoms with van der Waals surface area (Å²) in [5.41, 5.74) is 6.69. The zero-order valence-electron chi connectivity index (χ0n) is 10.4. The first kappa shape index (κ1) is 12.8. The SMILES string of the molecule is NC(CC(=O)O)c1ccc(-c2nc3ccccc3s2)o1. The van der Waals surface area contributed by atoms with E-state index in [9.17, 15) is 4.79 Å². The van der Waals surface area contributed by atoms with E-state index in [2.05, 4.69) is 4.98 Å². The summed E-state index contributed by atoms with van der Waals surface area (Å²) in [6.07, 6.45) is -0.160. The number of nitrogens with zero attached hydrogens (tertiary/aromatic N) is 1. The predicted octanol–water partition coefficient (Wildman–Crippen LogP) is 3.03. The molecule has 2 aromatic heterocycles. The number of nitrogens with two attached hydrogens (primary N) is 1. The number of aromatic nitrogens is 1. The number of furan rings is 1. The Morgan fingerprint density at radius 3 is 2.90 bits per heavy atom. The molecule has 1 unspecified atom stereocenters. The Labute approximate surface area is 118 Å². The average molecular weight is 288 g/mol. The highest BCUT2D eigenvalue weighted by molar-refractivity contribution is 7.21. The highest BCUT2D eigenvalue weighted by atomic mass is 32.1. The first-order valence-corrected chi connectivity index (χ1v) is 6.88. The second-order valence-electron chi connectivity index (χ2n) is 4.39. The summed E-state index contributed by atoms with van der Waals surface area (Å²) in [6, 6.07) is 10.7. The summed E-state index contributed by atoms with van der Waals surface area (Å²) in [4.78, 5) is 15.1. The summed E-state index contributed by atoms with van der Waals surface area (Å²) >= 11 is 1.53. The Morgan fingerprint density at radius 1 is 1.35 bits per heavy atom.